The topological polar surface area (TPSA) is 166 Å². The molecule has 2 aromatic rings. The molecule has 0 bridgehead atoms. The summed E-state index contributed by atoms with van der Waals surface area (Å²) in [6.07, 6.45) is 1.25. The van der Waals surface area contributed by atoms with Gasteiger partial charge in [-0.2, -0.15) is 5.10 Å². The molecule has 0 radical (unpaired) electrons. The van der Waals surface area contributed by atoms with Gasteiger partial charge in [-0.25, -0.2) is 0 Å². The van der Waals surface area contributed by atoms with Gasteiger partial charge in [-0.15, -0.1) is 0 Å². The minimum absolute atomic E-state index is 0.0431. The Balaban J connectivity index is 1.96. The third kappa shape index (κ3) is 6.86. The van der Waals surface area contributed by atoms with E-state index in [1.165, 1.54) is 24.5 Å². The van der Waals surface area contributed by atoms with Crippen LogP contribution in [0.15, 0.2) is 46.0 Å². The number of carbonyl (C=O) groups is 3. The van der Waals surface area contributed by atoms with Gasteiger partial charge in [-0.3, -0.25) is 14.4 Å². The molecular formula is C19H19BrClN5O5. The Morgan fingerprint density at radius 3 is 2.65 bits per heavy atom. The maximum atomic E-state index is 12.2. The number of nitrogens with two attached hydrogens (primary N) is 1. The minimum Gasteiger partial charge on any atom is -0.506 e. The summed E-state index contributed by atoms with van der Waals surface area (Å²) >= 11 is 9.02. The highest BCUT2D eigenvalue weighted by Gasteiger charge is 2.25. The van der Waals surface area contributed by atoms with Crippen molar-refractivity contribution >= 4 is 57.3 Å². The lowest BCUT2D eigenvalue weighted by Gasteiger charge is -2.16. The maximum Gasteiger partial charge on any atom is 0.312 e. The number of anilines is 1. The van der Waals surface area contributed by atoms with Crippen LogP contribution in [0, 0.1) is 0 Å². The van der Waals surface area contributed by atoms with Crippen LogP contribution >= 0.6 is 27.5 Å². The number of hydrogen-bond donors (Lipinski definition) is 6. The molecular weight excluding hydrogens is 494 g/mol. The van der Waals surface area contributed by atoms with Crippen LogP contribution in [0.4, 0.5) is 5.69 Å². The van der Waals surface area contributed by atoms with Gasteiger partial charge in [-0.1, -0.05) is 17.7 Å². The van der Waals surface area contributed by atoms with E-state index in [2.05, 4.69) is 37.0 Å². The molecule has 0 aliphatic rings. The number of nitrogens with zero attached hydrogens (tertiary/aromatic N) is 1. The number of amides is 2. The Labute approximate surface area is 190 Å². The van der Waals surface area contributed by atoms with E-state index in [9.17, 15) is 24.6 Å². The lowest BCUT2D eigenvalue weighted by molar-refractivity contribution is -0.138. The van der Waals surface area contributed by atoms with Crippen molar-refractivity contribution in [2.24, 2.45) is 10.9 Å². The highest BCUT2D eigenvalue weighted by Crippen LogP contribution is 2.35. The van der Waals surface area contributed by atoms with Crippen molar-refractivity contribution < 1.29 is 24.6 Å². The molecule has 2 aromatic carbocycles. The molecule has 12 heteroatoms. The number of carboxylic acid groups (broad SMARTS) is 1. The number of benzene rings is 2. The fourth-order valence-electron chi connectivity index (χ4n) is 2.58. The largest absolute Gasteiger partial charge is 0.506 e. The van der Waals surface area contributed by atoms with Gasteiger partial charge in [0.25, 0.3) is 5.91 Å². The average Bonchev–Trinajstić information content (AvgIpc) is 2.73. The van der Waals surface area contributed by atoms with Gasteiger partial charge in [0, 0.05) is 28.4 Å². The van der Waals surface area contributed by atoms with Gasteiger partial charge >= 0.3 is 5.97 Å². The van der Waals surface area contributed by atoms with Crippen LogP contribution in [0.3, 0.4) is 0 Å². The molecule has 1 unspecified atom stereocenters. The first-order valence-corrected chi connectivity index (χ1v) is 9.94. The zero-order valence-corrected chi connectivity index (χ0v) is 18.3. The van der Waals surface area contributed by atoms with Crippen LogP contribution in [0.1, 0.15) is 21.8 Å². The molecule has 7 N–H and O–H groups in total. The molecule has 164 valence electrons. The predicted molar refractivity (Wildman–Crippen MR) is 119 cm³/mol. The second-order valence-corrected chi connectivity index (χ2v) is 7.50. The number of aromatic hydroxyl groups is 1. The number of hydrogen-bond acceptors (Lipinski definition) is 6. The third-order valence-corrected chi connectivity index (χ3v) is 4.90. The molecule has 2 rings (SSSR count). The highest BCUT2D eigenvalue weighted by molar-refractivity contribution is 9.10. The van der Waals surface area contributed by atoms with Crippen molar-refractivity contribution in [3.63, 3.8) is 0 Å². The number of carbonyl (C=O) groups excluding carboxylic acids is 2. The fraction of sp³-hybridized carbons (Fsp3) is 0.158. The molecule has 31 heavy (non-hydrogen) atoms. The molecule has 0 aromatic heterocycles. The van der Waals surface area contributed by atoms with Crippen molar-refractivity contribution in [2.45, 2.75) is 5.92 Å². The number of phenolic OH excluding ortho intramolecular Hbond substituents is 1. The normalized spacial score (nSPS) is 11.7. The van der Waals surface area contributed by atoms with E-state index in [1.54, 1.807) is 18.2 Å². The number of nitrogens with one attached hydrogen (secondary N) is 3. The molecule has 0 aliphatic carbocycles. The fourth-order valence-corrected chi connectivity index (χ4v) is 3.42. The van der Waals surface area contributed by atoms with Gasteiger partial charge in [-0.05, 0) is 46.3 Å². The standard InChI is InChI=1S/C19H19BrClN5O5/c20-15-6-11(21)5-13(17(15)28)14(19(30)31)7-23-16(27)8-24-18(29)10-2-1-3-12(4-10)25-9-26-22/h1-6,9,14,28H,7-8,22H2,(H,23,27)(H,24,29)(H,25,26)(H,30,31). The quantitative estimate of drug-likeness (QED) is 0.129. The van der Waals surface area contributed by atoms with Crippen molar-refractivity contribution in [3.05, 3.63) is 57.0 Å². The number of carboxylic acids is 1. The minimum atomic E-state index is -1.26. The van der Waals surface area contributed by atoms with E-state index in [0.29, 0.717) is 11.3 Å². The van der Waals surface area contributed by atoms with E-state index < -0.39 is 23.7 Å². The number of rotatable bonds is 9. The highest BCUT2D eigenvalue weighted by atomic mass is 79.9. The lowest BCUT2D eigenvalue weighted by Crippen LogP contribution is -2.39. The van der Waals surface area contributed by atoms with Gasteiger partial charge in [0.2, 0.25) is 5.91 Å². The first-order chi connectivity index (χ1) is 14.7. The van der Waals surface area contributed by atoms with Crippen LogP contribution in [0.25, 0.3) is 0 Å². The Kier molecular flexibility index (Phi) is 8.64. The summed E-state index contributed by atoms with van der Waals surface area (Å²) in [6, 6.07) is 9.15. The summed E-state index contributed by atoms with van der Waals surface area (Å²) in [7, 11) is 0. The number of hydrazone groups is 1. The molecule has 0 saturated heterocycles. The van der Waals surface area contributed by atoms with E-state index in [1.807, 2.05) is 0 Å². The van der Waals surface area contributed by atoms with Crippen LogP contribution in [-0.4, -0.2) is 47.4 Å². The molecule has 0 heterocycles. The summed E-state index contributed by atoms with van der Waals surface area (Å²) in [4.78, 5) is 36.0. The summed E-state index contributed by atoms with van der Waals surface area (Å²) < 4.78 is 0.231. The van der Waals surface area contributed by atoms with Crippen LogP contribution in [-0.2, 0) is 9.59 Å². The van der Waals surface area contributed by atoms with E-state index in [4.69, 9.17) is 17.4 Å². The second-order valence-electron chi connectivity index (χ2n) is 6.21. The molecule has 0 aliphatic heterocycles. The second kappa shape index (κ2) is 11.2. The van der Waals surface area contributed by atoms with Gasteiger partial charge in [0.05, 0.1) is 11.0 Å². The molecule has 0 spiro atoms. The zero-order chi connectivity index (χ0) is 23.0. The van der Waals surface area contributed by atoms with Crippen molar-refractivity contribution in [2.75, 3.05) is 18.4 Å². The van der Waals surface area contributed by atoms with Crippen LogP contribution < -0.4 is 21.8 Å². The van der Waals surface area contributed by atoms with Crippen molar-refractivity contribution in [1.29, 1.82) is 0 Å². The Morgan fingerprint density at radius 2 is 1.97 bits per heavy atom. The monoisotopic (exact) mass is 511 g/mol. The van der Waals surface area contributed by atoms with Gasteiger partial charge in [0.1, 0.15) is 18.0 Å². The summed E-state index contributed by atoms with van der Waals surface area (Å²) in [5, 5.41) is 30.8. The number of halogens is 2. The average molecular weight is 513 g/mol. The smallest absolute Gasteiger partial charge is 0.312 e. The molecule has 1 atom stereocenters. The zero-order valence-electron chi connectivity index (χ0n) is 15.9. The van der Waals surface area contributed by atoms with Crippen LogP contribution in [0.2, 0.25) is 5.02 Å². The number of phenols is 1. The first-order valence-electron chi connectivity index (χ1n) is 8.76. The molecule has 10 nitrogen and oxygen atoms in total. The van der Waals surface area contributed by atoms with Crippen molar-refractivity contribution in [3.8, 4) is 5.75 Å². The Morgan fingerprint density at radius 1 is 1.23 bits per heavy atom. The summed E-state index contributed by atoms with van der Waals surface area (Å²) in [5.74, 6) is 1.10. The van der Waals surface area contributed by atoms with Crippen molar-refractivity contribution in [1.82, 2.24) is 10.6 Å². The lowest BCUT2D eigenvalue weighted by atomic mass is 9.98. The van der Waals surface area contributed by atoms with Crippen LogP contribution in [0.5, 0.6) is 5.75 Å². The van der Waals surface area contributed by atoms with Gasteiger partial charge < -0.3 is 32.0 Å². The first kappa shape index (κ1) is 24.0. The Hall–Kier alpha value is -3.31. The van der Waals surface area contributed by atoms with E-state index >= 15 is 0 Å². The van der Waals surface area contributed by atoms with E-state index in [0.717, 1.165) is 0 Å². The summed E-state index contributed by atoms with van der Waals surface area (Å²) in [5.41, 5.74) is 0.907. The Bertz CT molecular complexity index is 1020. The summed E-state index contributed by atoms with van der Waals surface area (Å²) in [6.45, 7) is -0.694. The maximum absolute atomic E-state index is 12.2. The molecule has 2 amide bonds. The molecule has 0 fully saturated rings. The predicted octanol–water partition coefficient (Wildman–Crippen LogP) is 1.84. The van der Waals surface area contributed by atoms with E-state index in [-0.39, 0.29) is 33.9 Å². The molecule has 0 saturated carbocycles. The van der Waals surface area contributed by atoms with Gasteiger partial charge in [0.15, 0.2) is 0 Å². The SMILES string of the molecule is NN=CNc1cccc(C(=O)NCC(=O)NCC(C(=O)O)c2cc(Cl)cc(Br)c2O)c1. The number of aliphatic carboxylic acids is 1. The third-order valence-electron chi connectivity index (χ3n) is 4.07.